The van der Waals surface area contributed by atoms with Crippen LogP contribution in [0.5, 0.6) is 0 Å². The zero-order chi connectivity index (χ0) is 14.3. The molecule has 0 radical (unpaired) electrons. The van der Waals surface area contributed by atoms with E-state index in [4.69, 9.17) is 0 Å². The summed E-state index contributed by atoms with van der Waals surface area (Å²) in [6, 6.07) is 8.02. The van der Waals surface area contributed by atoms with Gasteiger partial charge in [0.05, 0.1) is 0 Å². The maximum absolute atomic E-state index is 10.9. The van der Waals surface area contributed by atoms with Crippen LogP contribution in [0.2, 0.25) is 0 Å². The molecular formula is C16H26N2O. The van der Waals surface area contributed by atoms with Crippen molar-refractivity contribution in [1.29, 1.82) is 0 Å². The van der Waals surface area contributed by atoms with E-state index >= 15 is 0 Å². The van der Waals surface area contributed by atoms with Crippen LogP contribution in [0.3, 0.4) is 0 Å². The van der Waals surface area contributed by atoms with Crippen LogP contribution < -0.4 is 10.6 Å². The second-order valence-electron chi connectivity index (χ2n) is 5.07. The van der Waals surface area contributed by atoms with Crippen LogP contribution >= 0.6 is 0 Å². The van der Waals surface area contributed by atoms with E-state index in [-0.39, 0.29) is 11.4 Å². The van der Waals surface area contributed by atoms with Crippen LogP contribution in [0.15, 0.2) is 24.3 Å². The molecule has 0 heterocycles. The Balaban J connectivity index is 2.60. The number of amides is 1. The molecule has 0 atom stereocenters. The van der Waals surface area contributed by atoms with Crippen molar-refractivity contribution in [3.05, 3.63) is 29.8 Å². The quantitative estimate of drug-likeness (QED) is 0.786. The summed E-state index contributed by atoms with van der Waals surface area (Å²) in [5, 5.41) is 6.45. The van der Waals surface area contributed by atoms with E-state index in [0.717, 1.165) is 31.5 Å². The molecule has 1 amide bonds. The fourth-order valence-electron chi connectivity index (χ4n) is 2.32. The summed E-state index contributed by atoms with van der Waals surface area (Å²) >= 11 is 0. The standard InChI is InChI=1S/C16H26N2O/c1-5-16(6-2,7-3)17-12-14-8-10-15(11-9-14)18-13(4)19/h8-11,17H,5-7,12H2,1-4H3,(H,18,19). The second kappa shape index (κ2) is 7.29. The van der Waals surface area contributed by atoms with E-state index in [9.17, 15) is 4.79 Å². The number of carbonyl (C=O) groups excluding carboxylic acids is 1. The third-order valence-corrected chi connectivity index (χ3v) is 3.97. The molecular weight excluding hydrogens is 236 g/mol. The average Bonchev–Trinajstić information content (AvgIpc) is 2.42. The van der Waals surface area contributed by atoms with E-state index in [1.165, 1.54) is 12.5 Å². The van der Waals surface area contributed by atoms with Crippen LogP contribution in [0.4, 0.5) is 5.69 Å². The monoisotopic (exact) mass is 262 g/mol. The highest BCUT2D eigenvalue weighted by Crippen LogP contribution is 2.20. The molecule has 0 aromatic heterocycles. The number of rotatable bonds is 7. The molecule has 1 rings (SSSR count). The van der Waals surface area contributed by atoms with Gasteiger partial charge in [-0.2, -0.15) is 0 Å². The Morgan fingerprint density at radius 1 is 1.05 bits per heavy atom. The van der Waals surface area contributed by atoms with Crippen LogP contribution in [0, 0.1) is 0 Å². The Kier molecular flexibility index (Phi) is 6.03. The topological polar surface area (TPSA) is 41.1 Å². The molecule has 0 saturated carbocycles. The molecule has 1 aromatic rings. The summed E-state index contributed by atoms with van der Waals surface area (Å²) in [5.41, 5.74) is 2.34. The van der Waals surface area contributed by atoms with Gasteiger partial charge >= 0.3 is 0 Å². The number of anilines is 1. The smallest absolute Gasteiger partial charge is 0.221 e. The molecule has 0 bridgehead atoms. The lowest BCUT2D eigenvalue weighted by molar-refractivity contribution is -0.114. The zero-order valence-corrected chi connectivity index (χ0v) is 12.5. The molecule has 0 spiro atoms. The molecule has 0 aliphatic carbocycles. The normalized spacial score (nSPS) is 11.4. The molecule has 0 aliphatic rings. The predicted octanol–water partition coefficient (Wildman–Crippen LogP) is 3.70. The summed E-state index contributed by atoms with van der Waals surface area (Å²) in [4.78, 5) is 10.9. The van der Waals surface area contributed by atoms with Gasteiger partial charge in [-0.3, -0.25) is 4.79 Å². The molecule has 0 fully saturated rings. The average molecular weight is 262 g/mol. The first-order valence-electron chi connectivity index (χ1n) is 7.16. The maximum Gasteiger partial charge on any atom is 0.221 e. The van der Waals surface area contributed by atoms with E-state index in [0.29, 0.717) is 0 Å². The number of hydrogen-bond donors (Lipinski definition) is 2. The Labute approximate surface area is 116 Å². The highest BCUT2D eigenvalue weighted by Gasteiger charge is 2.22. The van der Waals surface area contributed by atoms with Gasteiger partial charge in [-0.15, -0.1) is 0 Å². The summed E-state index contributed by atoms with van der Waals surface area (Å²) in [5.74, 6) is -0.0344. The number of carbonyl (C=O) groups is 1. The Bertz CT molecular complexity index is 385. The molecule has 0 saturated heterocycles. The molecule has 106 valence electrons. The van der Waals surface area contributed by atoms with Gasteiger partial charge in [-0.1, -0.05) is 32.9 Å². The van der Waals surface area contributed by atoms with Gasteiger partial charge in [-0.25, -0.2) is 0 Å². The van der Waals surface area contributed by atoms with Gasteiger partial charge in [0.25, 0.3) is 0 Å². The van der Waals surface area contributed by atoms with Gasteiger partial charge in [0.2, 0.25) is 5.91 Å². The van der Waals surface area contributed by atoms with E-state index < -0.39 is 0 Å². The first-order chi connectivity index (χ1) is 9.05. The Hall–Kier alpha value is -1.35. The first-order valence-corrected chi connectivity index (χ1v) is 7.16. The fraction of sp³-hybridized carbons (Fsp3) is 0.562. The summed E-state index contributed by atoms with van der Waals surface area (Å²) in [6.07, 6.45) is 3.43. The van der Waals surface area contributed by atoms with Gasteiger partial charge in [0.15, 0.2) is 0 Å². The largest absolute Gasteiger partial charge is 0.326 e. The molecule has 1 aromatic carbocycles. The van der Waals surface area contributed by atoms with Crippen molar-refractivity contribution in [2.75, 3.05) is 5.32 Å². The van der Waals surface area contributed by atoms with Crippen molar-refractivity contribution in [3.8, 4) is 0 Å². The lowest BCUT2D eigenvalue weighted by Crippen LogP contribution is -2.43. The van der Waals surface area contributed by atoms with Gasteiger partial charge in [0, 0.05) is 24.7 Å². The number of benzene rings is 1. The summed E-state index contributed by atoms with van der Waals surface area (Å²) < 4.78 is 0. The van der Waals surface area contributed by atoms with E-state index in [1.807, 2.05) is 12.1 Å². The van der Waals surface area contributed by atoms with Crippen LogP contribution in [0.25, 0.3) is 0 Å². The molecule has 19 heavy (non-hydrogen) atoms. The van der Waals surface area contributed by atoms with Crippen molar-refractivity contribution in [2.45, 2.75) is 59.0 Å². The number of nitrogens with one attached hydrogen (secondary N) is 2. The van der Waals surface area contributed by atoms with Gasteiger partial charge < -0.3 is 10.6 Å². The minimum atomic E-state index is -0.0344. The second-order valence-corrected chi connectivity index (χ2v) is 5.07. The van der Waals surface area contributed by atoms with Crippen molar-refractivity contribution in [3.63, 3.8) is 0 Å². The minimum Gasteiger partial charge on any atom is -0.326 e. The van der Waals surface area contributed by atoms with Gasteiger partial charge in [0.1, 0.15) is 0 Å². The first kappa shape index (κ1) is 15.7. The van der Waals surface area contributed by atoms with Crippen molar-refractivity contribution in [2.24, 2.45) is 0 Å². The molecule has 3 nitrogen and oxygen atoms in total. The summed E-state index contributed by atoms with van der Waals surface area (Å²) in [6.45, 7) is 9.10. The van der Waals surface area contributed by atoms with Gasteiger partial charge in [-0.05, 0) is 37.0 Å². The minimum absolute atomic E-state index is 0.0344. The Morgan fingerprint density at radius 3 is 2.00 bits per heavy atom. The number of hydrogen-bond acceptors (Lipinski definition) is 2. The van der Waals surface area contributed by atoms with Crippen LogP contribution in [0.1, 0.15) is 52.5 Å². The van der Waals surface area contributed by atoms with E-state index in [2.05, 4.69) is 43.5 Å². The SMILES string of the molecule is CCC(CC)(CC)NCc1ccc(NC(C)=O)cc1. The lowest BCUT2D eigenvalue weighted by atomic mass is 9.89. The van der Waals surface area contributed by atoms with Crippen LogP contribution in [-0.2, 0) is 11.3 Å². The molecule has 3 heteroatoms. The van der Waals surface area contributed by atoms with Crippen molar-refractivity contribution in [1.82, 2.24) is 5.32 Å². The Morgan fingerprint density at radius 2 is 1.58 bits per heavy atom. The zero-order valence-electron chi connectivity index (χ0n) is 12.5. The third-order valence-electron chi connectivity index (χ3n) is 3.97. The molecule has 0 unspecified atom stereocenters. The predicted molar refractivity (Wildman–Crippen MR) is 81.2 cm³/mol. The highest BCUT2D eigenvalue weighted by atomic mass is 16.1. The molecule has 0 aliphatic heterocycles. The van der Waals surface area contributed by atoms with E-state index in [1.54, 1.807) is 0 Å². The highest BCUT2D eigenvalue weighted by molar-refractivity contribution is 5.88. The lowest BCUT2D eigenvalue weighted by Gasteiger charge is -2.32. The van der Waals surface area contributed by atoms with Crippen molar-refractivity contribution < 1.29 is 4.79 Å². The molecule has 2 N–H and O–H groups in total. The van der Waals surface area contributed by atoms with Crippen LogP contribution in [-0.4, -0.2) is 11.4 Å². The van der Waals surface area contributed by atoms with Crippen molar-refractivity contribution >= 4 is 11.6 Å². The summed E-state index contributed by atoms with van der Waals surface area (Å²) in [7, 11) is 0. The fourth-order valence-corrected chi connectivity index (χ4v) is 2.32. The third kappa shape index (κ3) is 4.67. The maximum atomic E-state index is 10.9.